The highest BCUT2D eigenvalue weighted by atomic mass is 19.4. The molecule has 0 spiro atoms. The summed E-state index contributed by atoms with van der Waals surface area (Å²) in [5.74, 6) is 1.49. The second kappa shape index (κ2) is 11.5. The van der Waals surface area contributed by atoms with Gasteiger partial charge in [-0.1, -0.05) is 20.3 Å². The molecule has 1 amide bonds. The minimum absolute atomic E-state index is 0.00996. The number of aromatic nitrogens is 3. The summed E-state index contributed by atoms with van der Waals surface area (Å²) in [7, 11) is 0. The molecule has 2 aliphatic carbocycles. The van der Waals surface area contributed by atoms with Crippen molar-refractivity contribution >= 4 is 11.6 Å². The Morgan fingerprint density at radius 1 is 1.13 bits per heavy atom. The number of alkyl halides is 6. The van der Waals surface area contributed by atoms with Crippen LogP contribution < -0.4 is 5.32 Å². The van der Waals surface area contributed by atoms with Gasteiger partial charge in [0.15, 0.2) is 0 Å². The molecule has 2 N–H and O–H groups in total. The van der Waals surface area contributed by atoms with E-state index in [4.69, 9.17) is 0 Å². The molecule has 2 fully saturated rings. The number of amides is 1. The quantitative estimate of drug-likeness (QED) is 0.288. The van der Waals surface area contributed by atoms with E-state index in [1.54, 1.807) is 0 Å². The van der Waals surface area contributed by atoms with Crippen LogP contribution in [0.3, 0.4) is 0 Å². The van der Waals surface area contributed by atoms with Gasteiger partial charge in [-0.05, 0) is 68.6 Å². The molecule has 1 unspecified atom stereocenters. The van der Waals surface area contributed by atoms with Gasteiger partial charge in [0.2, 0.25) is 5.91 Å². The van der Waals surface area contributed by atoms with Crippen molar-refractivity contribution in [2.24, 2.45) is 11.8 Å². The topological polar surface area (TPSA) is 80.0 Å². The highest BCUT2D eigenvalue weighted by Gasteiger charge is 2.41. The van der Waals surface area contributed by atoms with Crippen LogP contribution in [0.25, 0.3) is 0 Å². The van der Waals surface area contributed by atoms with E-state index in [0.29, 0.717) is 29.8 Å². The Morgan fingerprint density at radius 3 is 2.38 bits per heavy atom. The molecule has 1 aromatic heterocycles. The number of hydrogen-bond donors (Lipinski definition) is 2. The lowest BCUT2D eigenvalue weighted by Gasteiger charge is -2.36. The number of carbonyl (C=O) groups is 1. The Hall–Kier alpha value is -2.63. The van der Waals surface area contributed by atoms with Crippen LogP contribution in [0.4, 0.5) is 32.0 Å². The van der Waals surface area contributed by atoms with E-state index in [9.17, 15) is 36.2 Å². The van der Waals surface area contributed by atoms with Gasteiger partial charge in [0.25, 0.3) is 0 Å². The second-order valence-corrected chi connectivity index (χ2v) is 11.0. The number of nitrogens with one attached hydrogen (secondary N) is 1. The average Bonchev–Trinajstić information content (AvgIpc) is 3.57. The molecule has 1 heterocycles. The van der Waals surface area contributed by atoms with Crippen molar-refractivity contribution in [2.45, 2.75) is 95.4 Å². The van der Waals surface area contributed by atoms with Gasteiger partial charge in [0.1, 0.15) is 11.6 Å². The number of carbonyl (C=O) groups excluding carboxylic acids is 1. The maximum absolute atomic E-state index is 13.5. The van der Waals surface area contributed by atoms with Gasteiger partial charge < -0.3 is 15.0 Å². The molecule has 2 aliphatic rings. The number of anilines is 1. The van der Waals surface area contributed by atoms with Crippen LogP contribution in [-0.2, 0) is 17.1 Å². The lowest BCUT2D eigenvalue weighted by atomic mass is 9.70. The molecule has 12 heteroatoms. The van der Waals surface area contributed by atoms with E-state index in [2.05, 4.69) is 33.9 Å². The molecule has 216 valence electrons. The van der Waals surface area contributed by atoms with Gasteiger partial charge in [-0.2, -0.15) is 26.3 Å². The first-order chi connectivity index (χ1) is 18.3. The monoisotopic (exact) mass is 560 g/mol. The number of rotatable bonds is 11. The lowest BCUT2D eigenvalue weighted by Crippen LogP contribution is -2.27. The number of halogens is 6. The SMILES string of the molecule is CCC(C)CC1CC(c2nnc([C@@H](CCO)CC(=O)Nc3ccc(C(F)(F)F)cc3C(F)(F)F)n2C2CC2)C1. The zero-order valence-electron chi connectivity index (χ0n) is 21.9. The molecule has 39 heavy (non-hydrogen) atoms. The van der Waals surface area contributed by atoms with E-state index in [-0.39, 0.29) is 37.5 Å². The summed E-state index contributed by atoms with van der Waals surface area (Å²) >= 11 is 0. The maximum atomic E-state index is 13.5. The molecule has 0 bridgehead atoms. The highest BCUT2D eigenvalue weighted by molar-refractivity contribution is 5.92. The maximum Gasteiger partial charge on any atom is 0.418 e. The van der Waals surface area contributed by atoms with Gasteiger partial charge in [-0.3, -0.25) is 4.79 Å². The Balaban J connectivity index is 1.51. The van der Waals surface area contributed by atoms with Crippen LogP contribution >= 0.6 is 0 Å². The number of nitrogens with zero attached hydrogens (tertiary/aromatic N) is 3. The van der Waals surface area contributed by atoms with Gasteiger partial charge in [0, 0.05) is 30.9 Å². The Labute approximate surface area is 223 Å². The van der Waals surface area contributed by atoms with Gasteiger partial charge >= 0.3 is 12.4 Å². The fourth-order valence-corrected chi connectivity index (χ4v) is 5.42. The minimum atomic E-state index is -5.11. The Kier molecular flexibility index (Phi) is 8.63. The molecular weight excluding hydrogens is 526 g/mol. The van der Waals surface area contributed by atoms with Gasteiger partial charge in [-0.15, -0.1) is 10.2 Å². The normalized spacial score (nSPS) is 21.4. The third-order valence-electron chi connectivity index (χ3n) is 7.89. The number of aliphatic hydroxyl groups is 1. The van der Waals surface area contributed by atoms with Crippen LogP contribution in [0.2, 0.25) is 0 Å². The minimum Gasteiger partial charge on any atom is -0.396 e. The summed E-state index contributed by atoms with van der Waals surface area (Å²) in [6, 6.07) is 1.29. The summed E-state index contributed by atoms with van der Waals surface area (Å²) in [4.78, 5) is 12.9. The van der Waals surface area contributed by atoms with Crippen molar-refractivity contribution in [3.05, 3.63) is 41.0 Å². The molecular formula is C27H34F6N4O2. The van der Waals surface area contributed by atoms with E-state index in [0.717, 1.165) is 44.3 Å². The summed E-state index contributed by atoms with van der Waals surface area (Å²) < 4.78 is 81.6. The molecule has 2 atom stereocenters. The van der Waals surface area contributed by atoms with Crippen LogP contribution in [0.15, 0.2) is 18.2 Å². The molecule has 1 aromatic carbocycles. The molecule has 6 nitrogen and oxygen atoms in total. The fourth-order valence-electron chi connectivity index (χ4n) is 5.42. The largest absolute Gasteiger partial charge is 0.418 e. The van der Waals surface area contributed by atoms with E-state index >= 15 is 0 Å². The molecule has 0 aliphatic heterocycles. The molecule has 4 rings (SSSR count). The van der Waals surface area contributed by atoms with Crippen LogP contribution in [0.5, 0.6) is 0 Å². The van der Waals surface area contributed by atoms with Crippen LogP contribution in [0, 0.1) is 11.8 Å². The zero-order valence-corrected chi connectivity index (χ0v) is 21.9. The van der Waals surface area contributed by atoms with Crippen molar-refractivity contribution in [3.8, 4) is 0 Å². The van der Waals surface area contributed by atoms with Crippen molar-refractivity contribution in [1.82, 2.24) is 14.8 Å². The summed E-state index contributed by atoms with van der Waals surface area (Å²) in [6.45, 7) is 4.14. The zero-order chi connectivity index (χ0) is 28.5. The van der Waals surface area contributed by atoms with E-state index in [1.807, 2.05) is 0 Å². The van der Waals surface area contributed by atoms with E-state index < -0.39 is 41.0 Å². The summed E-state index contributed by atoms with van der Waals surface area (Å²) in [5, 5.41) is 20.6. The van der Waals surface area contributed by atoms with Crippen molar-refractivity contribution < 1.29 is 36.2 Å². The highest BCUT2D eigenvalue weighted by Crippen LogP contribution is 2.48. The second-order valence-electron chi connectivity index (χ2n) is 11.0. The standard InChI is InChI=1S/C27H34F6N4O2/c1-3-15(2)10-16-11-18(12-16)25-36-35-24(37(25)20-5-6-20)17(8-9-38)13-23(39)34-22-7-4-19(26(28,29)30)14-21(22)27(31,32)33/h4,7,14-18,20,38H,3,5-6,8-13H2,1-2H3,(H,34,39)/t15?,16?,17-,18?/m0/s1. The third kappa shape index (κ3) is 6.93. The van der Waals surface area contributed by atoms with E-state index in [1.165, 1.54) is 0 Å². The lowest BCUT2D eigenvalue weighted by molar-refractivity contribution is -0.142. The van der Waals surface area contributed by atoms with Crippen molar-refractivity contribution in [3.63, 3.8) is 0 Å². The van der Waals surface area contributed by atoms with Crippen molar-refractivity contribution in [1.29, 1.82) is 0 Å². The number of hydrogen-bond acceptors (Lipinski definition) is 4. The number of benzene rings is 1. The van der Waals surface area contributed by atoms with Gasteiger partial charge in [0.05, 0.1) is 16.8 Å². The fraction of sp³-hybridized carbons (Fsp3) is 0.667. The molecule has 0 saturated heterocycles. The third-order valence-corrected chi connectivity index (χ3v) is 7.89. The molecule has 2 saturated carbocycles. The Bertz CT molecular complexity index is 1150. The predicted octanol–water partition coefficient (Wildman–Crippen LogP) is 7.08. The first-order valence-electron chi connectivity index (χ1n) is 13.5. The smallest absolute Gasteiger partial charge is 0.396 e. The van der Waals surface area contributed by atoms with Crippen LogP contribution in [-0.4, -0.2) is 32.4 Å². The first-order valence-corrected chi connectivity index (χ1v) is 13.5. The predicted molar refractivity (Wildman–Crippen MR) is 132 cm³/mol. The summed E-state index contributed by atoms with van der Waals surface area (Å²) in [5.41, 5.74) is -3.79. The first kappa shape index (κ1) is 29.4. The number of aliphatic hydroxyl groups excluding tert-OH is 1. The van der Waals surface area contributed by atoms with Gasteiger partial charge in [-0.25, -0.2) is 0 Å². The van der Waals surface area contributed by atoms with Crippen LogP contribution in [0.1, 0.15) is 106 Å². The summed E-state index contributed by atoms with van der Waals surface area (Å²) in [6.07, 6.45) is -4.06. The molecule has 0 radical (unpaired) electrons. The molecule has 2 aromatic rings. The average molecular weight is 561 g/mol. The Morgan fingerprint density at radius 2 is 1.82 bits per heavy atom. The van der Waals surface area contributed by atoms with Crippen molar-refractivity contribution in [2.75, 3.05) is 11.9 Å².